The van der Waals surface area contributed by atoms with Crippen LogP contribution in [0.4, 0.5) is 0 Å². The van der Waals surface area contributed by atoms with Crippen LogP contribution >= 0.6 is 0 Å². The van der Waals surface area contributed by atoms with Crippen molar-refractivity contribution in [1.29, 1.82) is 0 Å². The van der Waals surface area contributed by atoms with Crippen LogP contribution in [0.1, 0.15) is 47.8 Å². The predicted molar refractivity (Wildman–Crippen MR) is 66.5 cm³/mol. The number of hydrogen-bond donors (Lipinski definition) is 0. The molecule has 2 aromatic heterocycles. The topological polar surface area (TPSA) is 48.0 Å². The summed E-state index contributed by atoms with van der Waals surface area (Å²) in [5.74, 6) is 0.0559. The van der Waals surface area contributed by atoms with Crippen molar-refractivity contribution in [3.8, 4) is 0 Å². The van der Waals surface area contributed by atoms with Crippen LogP contribution in [-0.2, 0) is 6.42 Å². The van der Waals surface area contributed by atoms with E-state index in [4.69, 9.17) is 4.42 Å². The van der Waals surface area contributed by atoms with Crippen LogP contribution in [0.15, 0.2) is 35.3 Å². The molecular weight excluding hydrogens is 228 g/mol. The zero-order valence-corrected chi connectivity index (χ0v) is 10.2. The Kier molecular flexibility index (Phi) is 3.00. The van der Waals surface area contributed by atoms with E-state index in [0.29, 0.717) is 18.0 Å². The predicted octanol–water partition coefficient (Wildman–Crippen LogP) is 3.02. The third-order valence-corrected chi connectivity index (χ3v) is 3.55. The highest BCUT2D eigenvalue weighted by Gasteiger charge is 2.18. The molecule has 1 saturated carbocycles. The Morgan fingerprint density at radius 1 is 1.39 bits per heavy atom. The summed E-state index contributed by atoms with van der Waals surface area (Å²) in [4.78, 5) is 11.9. The number of ketones is 1. The Balaban J connectivity index is 1.68. The molecule has 2 aromatic rings. The molecule has 0 saturated heterocycles. The fraction of sp³-hybridized carbons (Fsp3) is 0.429. The van der Waals surface area contributed by atoms with Crippen molar-refractivity contribution in [2.45, 2.75) is 38.1 Å². The van der Waals surface area contributed by atoms with Crippen LogP contribution < -0.4 is 0 Å². The zero-order chi connectivity index (χ0) is 12.4. The SMILES string of the molecule is O=C(Cc1ccn(C2CCCC2)n1)c1ccoc1. The summed E-state index contributed by atoms with van der Waals surface area (Å²) in [7, 11) is 0. The number of carbonyl (C=O) groups is 1. The molecule has 3 rings (SSSR count). The molecule has 4 nitrogen and oxygen atoms in total. The van der Waals surface area contributed by atoms with E-state index in [1.54, 1.807) is 6.07 Å². The molecule has 0 spiro atoms. The number of aromatic nitrogens is 2. The van der Waals surface area contributed by atoms with Gasteiger partial charge in [0, 0.05) is 6.20 Å². The lowest BCUT2D eigenvalue weighted by Gasteiger charge is -2.08. The molecule has 0 radical (unpaired) electrons. The maximum Gasteiger partial charge on any atom is 0.172 e. The molecule has 1 aliphatic carbocycles. The van der Waals surface area contributed by atoms with Crippen molar-refractivity contribution in [2.24, 2.45) is 0 Å². The summed E-state index contributed by atoms with van der Waals surface area (Å²) in [6.07, 6.45) is 10.3. The van der Waals surface area contributed by atoms with Gasteiger partial charge in [0.1, 0.15) is 6.26 Å². The van der Waals surface area contributed by atoms with Gasteiger partial charge in [0.05, 0.1) is 30.0 Å². The molecule has 0 aliphatic heterocycles. The quantitative estimate of drug-likeness (QED) is 0.777. The van der Waals surface area contributed by atoms with Gasteiger partial charge in [-0.05, 0) is 25.0 Å². The van der Waals surface area contributed by atoms with E-state index in [1.807, 2.05) is 16.9 Å². The molecule has 0 aromatic carbocycles. The highest BCUT2D eigenvalue weighted by Crippen LogP contribution is 2.28. The van der Waals surface area contributed by atoms with Gasteiger partial charge in [-0.15, -0.1) is 0 Å². The summed E-state index contributed by atoms with van der Waals surface area (Å²) < 4.78 is 6.93. The molecule has 0 bridgehead atoms. The lowest BCUT2D eigenvalue weighted by molar-refractivity contribution is 0.0991. The van der Waals surface area contributed by atoms with E-state index in [9.17, 15) is 4.79 Å². The van der Waals surface area contributed by atoms with Crippen LogP contribution in [0, 0.1) is 0 Å². The fourth-order valence-electron chi connectivity index (χ4n) is 2.53. The van der Waals surface area contributed by atoms with Crippen molar-refractivity contribution in [2.75, 3.05) is 0 Å². The van der Waals surface area contributed by atoms with E-state index in [1.165, 1.54) is 38.2 Å². The minimum Gasteiger partial charge on any atom is -0.472 e. The molecule has 0 atom stereocenters. The number of furan rings is 1. The Morgan fingerprint density at radius 3 is 2.94 bits per heavy atom. The maximum atomic E-state index is 11.9. The lowest BCUT2D eigenvalue weighted by Crippen LogP contribution is -2.07. The van der Waals surface area contributed by atoms with E-state index in [0.717, 1.165) is 5.69 Å². The summed E-state index contributed by atoms with van der Waals surface area (Å²) in [6.45, 7) is 0. The van der Waals surface area contributed by atoms with Gasteiger partial charge in [-0.1, -0.05) is 12.8 Å². The lowest BCUT2D eigenvalue weighted by atomic mass is 10.1. The van der Waals surface area contributed by atoms with E-state index >= 15 is 0 Å². The number of rotatable bonds is 4. The number of hydrogen-bond acceptors (Lipinski definition) is 3. The van der Waals surface area contributed by atoms with Gasteiger partial charge in [0.15, 0.2) is 5.78 Å². The second-order valence-electron chi connectivity index (χ2n) is 4.84. The van der Waals surface area contributed by atoms with Crippen molar-refractivity contribution in [3.05, 3.63) is 42.1 Å². The van der Waals surface area contributed by atoms with Crippen molar-refractivity contribution < 1.29 is 9.21 Å². The second kappa shape index (κ2) is 4.80. The third-order valence-electron chi connectivity index (χ3n) is 3.55. The average Bonchev–Trinajstić information content (AvgIpc) is 3.12. The summed E-state index contributed by atoms with van der Waals surface area (Å²) in [5.41, 5.74) is 1.46. The number of Topliss-reactive ketones (excluding diaryl/α,β-unsaturated/α-hetero) is 1. The van der Waals surface area contributed by atoms with Crippen molar-refractivity contribution >= 4 is 5.78 Å². The number of nitrogens with zero attached hydrogens (tertiary/aromatic N) is 2. The highest BCUT2D eigenvalue weighted by molar-refractivity contribution is 5.96. The molecule has 94 valence electrons. The first-order valence-electron chi connectivity index (χ1n) is 6.42. The molecule has 0 unspecified atom stereocenters. The van der Waals surface area contributed by atoms with E-state index < -0.39 is 0 Å². The standard InChI is InChI=1S/C14H16N2O2/c17-14(11-6-8-18-10-11)9-12-5-7-16(15-12)13-3-1-2-4-13/h5-8,10,13H,1-4,9H2. The molecule has 0 N–H and O–H groups in total. The first kappa shape index (κ1) is 11.3. The minimum absolute atomic E-state index is 0.0559. The van der Waals surface area contributed by atoms with Crippen molar-refractivity contribution in [1.82, 2.24) is 9.78 Å². The third kappa shape index (κ3) is 2.23. The van der Waals surface area contributed by atoms with Crippen LogP contribution in [0.25, 0.3) is 0 Å². The summed E-state index contributed by atoms with van der Waals surface area (Å²) in [5, 5.41) is 4.51. The smallest absolute Gasteiger partial charge is 0.172 e. The van der Waals surface area contributed by atoms with Gasteiger partial charge in [-0.25, -0.2) is 0 Å². The van der Waals surface area contributed by atoms with E-state index in [-0.39, 0.29) is 5.78 Å². The highest BCUT2D eigenvalue weighted by atomic mass is 16.3. The van der Waals surface area contributed by atoms with Crippen LogP contribution in [0.2, 0.25) is 0 Å². The molecule has 4 heteroatoms. The van der Waals surface area contributed by atoms with Gasteiger partial charge in [0.25, 0.3) is 0 Å². The Morgan fingerprint density at radius 2 is 2.22 bits per heavy atom. The van der Waals surface area contributed by atoms with Gasteiger partial charge >= 0.3 is 0 Å². The minimum atomic E-state index is 0.0559. The molecule has 1 aliphatic rings. The van der Waals surface area contributed by atoms with Gasteiger partial charge in [0.2, 0.25) is 0 Å². The Bertz CT molecular complexity index is 522. The maximum absolute atomic E-state index is 11.9. The molecule has 2 heterocycles. The Hall–Kier alpha value is -1.84. The molecule has 1 fully saturated rings. The van der Waals surface area contributed by atoms with Crippen LogP contribution in [-0.4, -0.2) is 15.6 Å². The summed E-state index contributed by atoms with van der Waals surface area (Å²) >= 11 is 0. The zero-order valence-electron chi connectivity index (χ0n) is 10.2. The van der Waals surface area contributed by atoms with E-state index in [2.05, 4.69) is 5.10 Å². The van der Waals surface area contributed by atoms with Crippen LogP contribution in [0.3, 0.4) is 0 Å². The molecule has 0 amide bonds. The van der Waals surface area contributed by atoms with Crippen LogP contribution in [0.5, 0.6) is 0 Å². The average molecular weight is 244 g/mol. The van der Waals surface area contributed by atoms with Gasteiger partial charge in [-0.3, -0.25) is 9.48 Å². The number of carbonyl (C=O) groups excluding carboxylic acids is 1. The monoisotopic (exact) mass is 244 g/mol. The van der Waals surface area contributed by atoms with Gasteiger partial charge in [-0.2, -0.15) is 5.10 Å². The largest absolute Gasteiger partial charge is 0.472 e. The fourth-order valence-corrected chi connectivity index (χ4v) is 2.53. The second-order valence-corrected chi connectivity index (χ2v) is 4.84. The normalized spacial score (nSPS) is 16.2. The molecule has 18 heavy (non-hydrogen) atoms. The molecular formula is C14H16N2O2. The van der Waals surface area contributed by atoms with Crippen molar-refractivity contribution in [3.63, 3.8) is 0 Å². The first-order chi connectivity index (χ1) is 8.83. The summed E-state index contributed by atoms with van der Waals surface area (Å²) in [6, 6.07) is 4.16. The first-order valence-corrected chi connectivity index (χ1v) is 6.42. The van der Waals surface area contributed by atoms with Gasteiger partial charge < -0.3 is 4.42 Å². The Labute approximate surface area is 106 Å².